The topological polar surface area (TPSA) is 60.5 Å². The van der Waals surface area contributed by atoms with Gasteiger partial charge in [-0.15, -0.1) is 0 Å². The Labute approximate surface area is 168 Å². The van der Waals surface area contributed by atoms with Gasteiger partial charge in [-0.05, 0) is 55.2 Å². The van der Waals surface area contributed by atoms with E-state index in [0.29, 0.717) is 35.2 Å². The van der Waals surface area contributed by atoms with Crippen LogP contribution >= 0.6 is 11.6 Å². The number of hydrogen-bond acceptors (Lipinski definition) is 4. The van der Waals surface area contributed by atoms with Crippen LogP contribution < -0.4 is 4.74 Å². The van der Waals surface area contributed by atoms with Gasteiger partial charge >= 0.3 is 0 Å². The minimum atomic E-state index is -0.173. The molecule has 0 saturated carbocycles. The number of nitrogens with zero attached hydrogens (tertiary/aromatic N) is 3. The van der Waals surface area contributed by atoms with Crippen molar-refractivity contribution in [2.75, 3.05) is 7.11 Å². The SMILES string of the molecule is COc1ccc(Cl)cc1C(=O)N(Cc1ccco1)Cc1nn(C)c2c1CCC2. The summed E-state index contributed by atoms with van der Waals surface area (Å²) in [6.45, 7) is 0.741. The van der Waals surface area contributed by atoms with Gasteiger partial charge in [0.25, 0.3) is 5.91 Å². The maximum absolute atomic E-state index is 13.4. The lowest BCUT2D eigenvalue weighted by molar-refractivity contribution is 0.0711. The molecule has 0 aliphatic heterocycles. The number of furan rings is 1. The van der Waals surface area contributed by atoms with E-state index < -0.39 is 0 Å². The Bertz CT molecular complexity index is 995. The molecule has 1 aromatic carbocycles. The maximum Gasteiger partial charge on any atom is 0.258 e. The number of aryl methyl sites for hydroxylation is 1. The number of halogens is 1. The quantitative estimate of drug-likeness (QED) is 0.628. The van der Waals surface area contributed by atoms with Gasteiger partial charge in [-0.1, -0.05) is 11.6 Å². The molecular weight excluding hydrogens is 378 g/mol. The first-order valence-corrected chi connectivity index (χ1v) is 9.63. The summed E-state index contributed by atoms with van der Waals surface area (Å²) in [5, 5.41) is 5.16. The molecule has 1 amide bonds. The summed E-state index contributed by atoms with van der Waals surface area (Å²) in [6, 6.07) is 8.73. The Kier molecular flexibility index (Phi) is 5.13. The Hall–Kier alpha value is -2.73. The molecule has 2 heterocycles. The van der Waals surface area contributed by atoms with E-state index in [1.54, 1.807) is 36.5 Å². The third kappa shape index (κ3) is 3.52. The van der Waals surface area contributed by atoms with Crippen LogP contribution in [0.4, 0.5) is 0 Å². The van der Waals surface area contributed by atoms with Crippen molar-refractivity contribution in [2.45, 2.75) is 32.4 Å². The molecule has 1 aliphatic rings. The lowest BCUT2D eigenvalue weighted by Gasteiger charge is -2.22. The van der Waals surface area contributed by atoms with Crippen LogP contribution in [0.3, 0.4) is 0 Å². The first kappa shape index (κ1) is 18.6. The Morgan fingerprint density at radius 2 is 2.18 bits per heavy atom. The monoisotopic (exact) mass is 399 g/mol. The Balaban J connectivity index is 1.69. The number of rotatable bonds is 6. The summed E-state index contributed by atoms with van der Waals surface area (Å²) in [4.78, 5) is 15.2. The van der Waals surface area contributed by atoms with Gasteiger partial charge in [-0.25, -0.2) is 0 Å². The largest absolute Gasteiger partial charge is 0.496 e. The third-order valence-corrected chi connectivity index (χ3v) is 5.38. The van der Waals surface area contributed by atoms with Crippen LogP contribution in [0, 0.1) is 0 Å². The van der Waals surface area contributed by atoms with Gasteiger partial charge in [0.2, 0.25) is 0 Å². The molecule has 2 aromatic heterocycles. The summed E-state index contributed by atoms with van der Waals surface area (Å²) >= 11 is 6.15. The van der Waals surface area contributed by atoms with Gasteiger partial charge in [0, 0.05) is 17.8 Å². The number of fused-ring (bicyclic) bond motifs is 1. The van der Waals surface area contributed by atoms with E-state index >= 15 is 0 Å². The van der Waals surface area contributed by atoms with Crippen LogP contribution in [0.1, 0.15) is 39.5 Å². The molecule has 0 unspecified atom stereocenters. The normalized spacial score (nSPS) is 12.8. The molecular formula is C21H22ClN3O3. The van der Waals surface area contributed by atoms with Gasteiger partial charge < -0.3 is 14.1 Å². The highest BCUT2D eigenvalue weighted by Crippen LogP contribution is 2.28. The highest BCUT2D eigenvalue weighted by molar-refractivity contribution is 6.31. The fraction of sp³-hybridized carbons (Fsp3) is 0.333. The lowest BCUT2D eigenvalue weighted by atomic mass is 10.1. The summed E-state index contributed by atoms with van der Waals surface area (Å²) in [5.41, 5.74) is 3.89. The lowest BCUT2D eigenvalue weighted by Crippen LogP contribution is -2.31. The third-order valence-electron chi connectivity index (χ3n) is 5.14. The highest BCUT2D eigenvalue weighted by atomic mass is 35.5. The molecule has 0 radical (unpaired) electrons. The fourth-order valence-electron chi connectivity index (χ4n) is 3.81. The van der Waals surface area contributed by atoms with Crippen molar-refractivity contribution in [3.63, 3.8) is 0 Å². The standard InChI is InChI=1S/C21H22ClN3O3/c1-24-19-7-3-6-16(19)18(23-24)13-25(12-15-5-4-10-28-15)21(26)17-11-14(22)8-9-20(17)27-2/h4-5,8-11H,3,6-7,12-13H2,1-2H3. The average molecular weight is 400 g/mol. The van der Waals surface area contributed by atoms with Gasteiger partial charge in [-0.3, -0.25) is 9.48 Å². The maximum atomic E-state index is 13.4. The van der Waals surface area contributed by atoms with E-state index in [-0.39, 0.29) is 5.91 Å². The van der Waals surface area contributed by atoms with Crippen molar-refractivity contribution >= 4 is 17.5 Å². The van der Waals surface area contributed by atoms with Crippen molar-refractivity contribution in [3.8, 4) is 5.75 Å². The van der Waals surface area contributed by atoms with E-state index in [9.17, 15) is 4.79 Å². The minimum Gasteiger partial charge on any atom is -0.496 e. The number of aromatic nitrogens is 2. The van der Waals surface area contributed by atoms with E-state index in [4.69, 9.17) is 20.8 Å². The summed E-state index contributed by atoms with van der Waals surface area (Å²) in [7, 11) is 3.51. The van der Waals surface area contributed by atoms with Crippen molar-refractivity contribution < 1.29 is 13.9 Å². The van der Waals surface area contributed by atoms with Gasteiger partial charge in [0.15, 0.2) is 0 Å². The molecule has 1 aliphatic carbocycles. The predicted molar refractivity (Wildman–Crippen MR) is 106 cm³/mol. The zero-order valence-corrected chi connectivity index (χ0v) is 16.7. The molecule has 4 rings (SSSR count). The van der Waals surface area contributed by atoms with Crippen LogP contribution in [0.15, 0.2) is 41.0 Å². The number of ether oxygens (including phenoxy) is 1. The summed E-state index contributed by atoms with van der Waals surface area (Å²) in [5.74, 6) is 1.03. The zero-order chi connectivity index (χ0) is 19.7. The zero-order valence-electron chi connectivity index (χ0n) is 15.9. The van der Waals surface area contributed by atoms with Crippen molar-refractivity contribution in [1.29, 1.82) is 0 Å². The number of carbonyl (C=O) groups excluding carboxylic acids is 1. The molecule has 7 heteroatoms. The molecule has 0 saturated heterocycles. The second-order valence-electron chi connectivity index (χ2n) is 6.93. The first-order chi connectivity index (χ1) is 13.6. The van der Waals surface area contributed by atoms with Crippen LogP contribution in [0.5, 0.6) is 5.75 Å². The molecule has 3 aromatic rings. The second-order valence-corrected chi connectivity index (χ2v) is 7.37. The molecule has 28 heavy (non-hydrogen) atoms. The summed E-state index contributed by atoms with van der Waals surface area (Å²) < 4.78 is 12.8. The van der Waals surface area contributed by atoms with Gasteiger partial charge in [0.05, 0.1) is 37.7 Å². The summed E-state index contributed by atoms with van der Waals surface area (Å²) in [6.07, 6.45) is 4.77. The molecule has 146 valence electrons. The second kappa shape index (κ2) is 7.72. The molecule has 0 atom stereocenters. The number of benzene rings is 1. The van der Waals surface area contributed by atoms with Crippen molar-refractivity contribution in [1.82, 2.24) is 14.7 Å². The Morgan fingerprint density at radius 1 is 1.32 bits per heavy atom. The van der Waals surface area contributed by atoms with Crippen LogP contribution in [0.25, 0.3) is 0 Å². The minimum absolute atomic E-state index is 0.173. The molecule has 0 spiro atoms. The van der Waals surface area contributed by atoms with E-state index in [2.05, 4.69) is 5.10 Å². The van der Waals surface area contributed by atoms with Crippen molar-refractivity contribution in [2.24, 2.45) is 7.05 Å². The molecule has 0 N–H and O–H groups in total. The number of carbonyl (C=O) groups is 1. The smallest absolute Gasteiger partial charge is 0.258 e. The molecule has 0 bridgehead atoms. The molecule has 6 nitrogen and oxygen atoms in total. The number of hydrogen-bond donors (Lipinski definition) is 0. The fourth-order valence-corrected chi connectivity index (χ4v) is 3.99. The first-order valence-electron chi connectivity index (χ1n) is 9.25. The number of amides is 1. The number of methoxy groups -OCH3 is 1. The average Bonchev–Trinajstić information content (AvgIpc) is 3.42. The Morgan fingerprint density at radius 3 is 2.93 bits per heavy atom. The van der Waals surface area contributed by atoms with Gasteiger partial charge in [0.1, 0.15) is 11.5 Å². The highest BCUT2D eigenvalue weighted by Gasteiger charge is 2.26. The van der Waals surface area contributed by atoms with E-state index in [1.165, 1.54) is 11.3 Å². The van der Waals surface area contributed by atoms with E-state index in [0.717, 1.165) is 25.0 Å². The van der Waals surface area contributed by atoms with Crippen LogP contribution in [-0.4, -0.2) is 27.7 Å². The predicted octanol–water partition coefficient (Wildman–Crippen LogP) is 4.01. The van der Waals surface area contributed by atoms with Crippen LogP contribution in [-0.2, 0) is 33.0 Å². The van der Waals surface area contributed by atoms with Crippen LogP contribution in [0.2, 0.25) is 5.02 Å². The molecule has 0 fully saturated rings. The van der Waals surface area contributed by atoms with E-state index in [1.807, 2.05) is 23.9 Å². The van der Waals surface area contributed by atoms with Gasteiger partial charge in [-0.2, -0.15) is 5.10 Å². The van der Waals surface area contributed by atoms with Crippen molar-refractivity contribution in [3.05, 3.63) is 69.9 Å².